The highest BCUT2D eigenvalue weighted by Crippen LogP contribution is 2.41. The molecule has 2 aliphatic rings. The van der Waals surface area contributed by atoms with Crippen LogP contribution in [-0.2, 0) is 30.5 Å². The topological polar surface area (TPSA) is 63.4 Å². The van der Waals surface area contributed by atoms with Gasteiger partial charge in [-0.3, -0.25) is 14.4 Å². The molecule has 2 aliphatic heterocycles. The Balaban J connectivity index is 1.31. The van der Waals surface area contributed by atoms with Gasteiger partial charge in [0.05, 0.1) is 23.6 Å². The lowest BCUT2D eigenvalue weighted by molar-refractivity contribution is -0.139. The first-order valence-electron chi connectivity index (χ1n) is 12.1. The Kier molecular flexibility index (Phi) is 6.76. The van der Waals surface area contributed by atoms with Gasteiger partial charge in [0.2, 0.25) is 5.91 Å². The third-order valence-corrected chi connectivity index (χ3v) is 9.36. The Morgan fingerprint density at radius 3 is 2.69 bits per heavy atom. The van der Waals surface area contributed by atoms with Gasteiger partial charge in [-0.2, -0.15) is 13.2 Å². The number of aliphatic imine (C=N–C) groups is 1. The number of rotatable bonds is 4. The van der Waals surface area contributed by atoms with Gasteiger partial charge in [0, 0.05) is 32.5 Å². The van der Waals surface area contributed by atoms with Gasteiger partial charge in [-0.1, -0.05) is 41.9 Å². The molecular weight excluding hydrogens is 567 g/mol. The molecule has 0 bridgehead atoms. The number of benzene rings is 2. The molecule has 2 aromatic carbocycles. The first kappa shape index (κ1) is 26.1. The van der Waals surface area contributed by atoms with E-state index in [0.29, 0.717) is 31.1 Å². The molecule has 2 aromatic heterocycles. The van der Waals surface area contributed by atoms with Crippen LogP contribution < -0.4 is 0 Å². The SMILES string of the molecule is Cc1nnc2n1-c1sc3c(c1C(c1ccccc1Cl)=NC2)CCN(C(=O)CSc1ccccc1C(F)(F)F)C3. The zero-order valence-electron chi connectivity index (χ0n) is 20.6. The summed E-state index contributed by atoms with van der Waals surface area (Å²) < 4.78 is 42.2. The lowest BCUT2D eigenvalue weighted by atomic mass is 9.95. The first-order valence-corrected chi connectivity index (χ1v) is 14.3. The number of fused-ring (bicyclic) bond motifs is 5. The van der Waals surface area contributed by atoms with Crippen LogP contribution in [-0.4, -0.2) is 43.6 Å². The van der Waals surface area contributed by atoms with Crippen molar-refractivity contribution >= 4 is 46.3 Å². The Morgan fingerprint density at radius 2 is 1.90 bits per heavy atom. The minimum Gasteiger partial charge on any atom is -0.336 e. The number of aryl methyl sites for hydroxylation is 1. The molecule has 0 N–H and O–H groups in total. The molecule has 0 fully saturated rings. The standard InChI is InChI=1S/C27H21ClF3N5OS2/c1-15-33-34-22-12-32-25(16-6-2-4-8-19(16)28)24-17-10-11-35(13-21(17)39-26(24)36(15)22)23(37)14-38-20-9-5-3-7-18(20)27(29,30)31/h2-9H,10-14H2,1H3. The number of halogens is 4. The molecule has 0 radical (unpaired) electrons. The summed E-state index contributed by atoms with van der Waals surface area (Å²) in [5.41, 5.74) is 2.98. The van der Waals surface area contributed by atoms with E-state index in [0.717, 1.165) is 61.8 Å². The number of thioether (sulfide) groups is 1. The number of alkyl halides is 3. The Hall–Kier alpha value is -3.15. The summed E-state index contributed by atoms with van der Waals surface area (Å²) in [6.07, 6.45) is -3.88. The van der Waals surface area contributed by atoms with Gasteiger partial charge in [-0.25, -0.2) is 0 Å². The Labute approximate surface area is 235 Å². The summed E-state index contributed by atoms with van der Waals surface area (Å²) in [5, 5.41) is 10.1. The van der Waals surface area contributed by atoms with Crippen molar-refractivity contribution in [1.29, 1.82) is 0 Å². The van der Waals surface area contributed by atoms with Crippen LogP contribution >= 0.6 is 34.7 Å². The molecule has 39 heavy (non-hydrogen) atoms. The summed E-state index contributed by atoms with van der Waals surface area (Å²) in [6, 6.07) is 12.9. The van der Waals surface area contributed by atoms with Crippen molar-refractivity contribution in [1.82, 2.24) is 19.7 Å². The molecule has 1 amide bonds. The molecule has 6 rings (SSSR count). The maximum Gasteiger partial charge on any atom is 0.417 e. The van der Waals surface area contributed by atoms with Gasteiger partial charge in [-0.05, 0) is 37.1 Å². The normalized spacial score (nSPS) is 14.8. The van der Waals surface area contributed by atoms with Gasteiger partial charge >= 0.3 is 6.18 Å². The lowest BCUT2D eigenvalue weighted by Gasteiger charge is -2.27. The molecule has 4 aromatic rings. The van der Waals surface area contributed by atoms with Crippen molar-refractivity contribution in [3.05, 3.63) is 92.3 Å². The van der Waals surface area contributed by atoms with Crippen molar-refractivity contribution in [2.24, 2.45) is 4.99 Å². The number of thiophene rings is 1. The second kappa shape index (κ2) is 10.1. The fourth-order valence-electron chi connectivity index (χ4n) is 4.94. The third kappa shape index (κ3) is 4.76. The van der Waals surface area contributed by atoms with Crippen LogP contribution in [0.4, 0.5) is 13.2 Å². The van der Waals surface area contributed by atoms with E-state index >= 15 is 0 Å². The summed E-state index contributed by atoms with van der Waals surface area (Å²) in [7, 11) is 0. The number of nitrogens with zero attached hydrogens (tertiary/aromatic N) is 5. The van der Waals surface area contributed by atoms with Crippen molar-refractivity contribution in [2.45, 2.75) is 37.5 Å². The minimum absolute atomic E-state index is 0.0510. The molecule has 4 heterocycles. The number of hydrogen-bond acceptors (Lipinski definition) is 6. The fourth-order valence-corrected chi connectivity index (χ4v) is 7.57. The van der Waals surface area contributed by atoms with Gasteiger partial charge < -0.3 is 4.90 Å². The third-order valence-electron chi connectivity index (χ3n) is 6.77. The highest BCUT2D eigenvalue weighted by Gasteiger charge is 2.35. The Morgan fingerprint density at radius 1 is 1.13 bits per heavy atom. The van der Waals surface area contributed by atoms with E-state index in [1.165, 1.54) is 12.1 Å². The summed E-state index contributed by atoms with van der Waals surface area (Å²) in [4.78, 5) is 20.8. The van der Waals surface area contributed by atoms with Crippen molar-refractivity contribution < 1.29 is 18.0 Å². The summed E-state index contributed by atoms with van der Waals surface area (Å²) in [5.74, 6) is 1.19. The molecule has 0 saturated carbocycles. The average molecular weight is 588 g/mol. The second-order valence-corrected chi connectivity index (χ2v) is 11.7. The number of aromatic nitrogens is 3. The lowest BCUT2D eigenvalue weighted by Crippen LogP contribution is -2.36. The van der Waals surface area contributed by atoms with Crippen LogP contribution in [0.15, 0.2) is 58.4 Å². The highest BCUT2D eigenvalue weighted by atomic mass is 35.5. The van der Waals surface area contributed by atoms with Crippen LogP contribution in [0.1, 0.15) is 38.8 Å². The van der Waals surface area contributed by atoms with Crippen molar-refractivity contribution in [2.75, 3.05) is 12.3 Å². The van der Waals surface area contributed by atoms with Gasteiger partial charge in [-0.15, -0.1) is 33.3 Å². The summed E-state index contributed by atoms with van der Waals surface area (Å²) in [6.45, 7) is 3.09. The smallest absolute Gasteiger partial charge is 0.336 e. The number of carbonyl (C=O) groups excluding carboxylic acids is 1. The van der Waals surface area contributed by atoms with E-state index in [9.17, 15) is 18.0 Å². The molecule has 0 saturated heterocycles. The molecular formula is C27H21ClF3N5OS2. The van der Waals surface area contributed by atoms with Crippen molar-refractivity contribution in [3.63, 3.8) is 0 Å². The predicted molar refractivity (Wildman–Crippen MR) is 146 cm³/mol. The van der Waals surface area contributed by atoms with Crippen LogP contribution in [0.2, 0.25) is 5.02 Å². The molecule has 0 aliphatic carbocycles. The van der Waals surface area contributed by atoms with E-state index in [4.69, 9.17) is 16.6 Å². The maximum atomic E-state index is 13.4. The van der Waals surface area contributed by atoms with E-state index in [2.05, 4.69) is 10.2 Å². The fraction of sp³-hybridized carbons (Fsp3) is 0.259. The largest absolute Gasteiger partial charge is 0.417 e. The van der Waals surface area contributed by atoms with Gasteiger partial charge in [0.1, 0.15) is 17.4 Å². The first-order chi connectivity index (χ1) is 18.7. The van der Waals surface area contributed by atoms with E-state index in [1.807, 2.05) is 35.8 Å². The highest BCUT2D eigenvalue weighted by molar-refractivity contribution is 8.00. The van der Waals surface area contributed by atoms with Crippen LogP contribution in [0.3, 0.4) is 0 Å². The van der Waals surface area contributed by atoms with Crippen LogP contribution in [0.5, 0.6) is 0 Å². The summed E-state index contributed by atoms with van der Waals surface area (Å²) >= 11 is 9.08. The molecule has 6 nitrogen and oxygen atoms in total. The van der Waals surface area contributed by atoms with E-state index in [-0.39, 0.29) is 16.6 Å². The molecule has 200 valence electrons. The van der Waals surface area contributed by atoms with Crippen LogP contribution in [0.25, 0.3) is 5.00 Å². The second-order valence-electron chi connectivity index (χ2n) is 9.18. The van der Waals surface area contributed by atoms with Crippen molar-refractivity contribution in [3.8, 4) is 5.00 Å². The van der Waals surface area contributed by atoms with Gasteiger partial charge in [0.25, 0.3) is 0 Å². The monoisotopic (exact) mass is 587 g/mol. The van der Waals surface area contributed by atoms with Gasteiger partial charge in [0.15, 0.2) is 5.82 Å². The van der Waals surface area contributed by atoms with E-state index in [1.54, 1.807) is 22.3 Å². The molecule has 0 unspecified atom stereocenters. The van der Waals surface area contributed by atoms with Crippen LogP contribution in [0, 0.1) is 6.92 Å². The number of carbonyl (C=O) groups is 1. The average Bonchev–Trinajstić information content (AvgIpc) is 3.42. The minimum atomic E-state index is -4.47. The number of hydrogen-bond donors (Lipinski definition) is 0. The molecule has 12 heteroatoms. The quantitative estimate of drug-likeness (QED) is 0.262. The number of amides is 1. The Bertz CT molecular complexity index is 1630. The zero-order valence-corrected chi connectivity index (χ0v) is 23.0. The zero-order chi connectivity index (χ0) is 27.3. The predicted octanol–water partition coefficient (Wildman–Crippen LogP) is 6.34. The van der Waals surface area contributed by atoms with E-state index < -0.39 is 11.7 Å². The molecule has 0 spiro atoms. The molecule has 0 atom stereocenters. The maximum absolute atomic E-state index is 13.4.